The number of rotatable bonds is 4. The van der Waals surface area contributed by atoms with Gasteiger partial charge in [0.1, 0.15) is 0 Å². The normalized spacial score (nSPS) is 16.8. The van der Waals surface area contributed by atoms with Gasteiger partial charge in [-0.2, -0.15) is 0 Å². The van der Waals surface area contributed by atoms with Crippen molar-refractivity contribution in [3.8, 4) is 11.4 Å². The third-order valence-electron chi connectivity index (χ3n) is 4.74. The molecule has 3 aromatic rings. The first-order valence-corrected chi connectivity index (χ1v) is 9.36. The average molecular weight is 399 g/mol. The molecular formula is C18H19ClN8O. The molecule has 1 amide bonds. The minimum atomic E-state index is -0.133. The van der Waals surface area contributed by atoms with Crippen LogP contribution in [0.25, 0.3) is 11.4 Å². The number of carbonyl (C=O) groups is 1. The third kappa shape index (κ3) is 3.94. The van der Waals surface area contributed by atoms with E-state index in [2.05, 4.69) is 35.9 Å². The number of aromatic nitrogens is 6. The van der Waals surface area contributed by atoms with Crippen molar-refractivity contribution < 1.29 is 4.79 Å². The molecule has 1 aromatic carbocycles. The van der Waals surface area contributed by atoms with Crippen LogP contribution < -0.4 is 10.2 Å². The van der Waals surface area contributed by atoms with Gasteiger partial charge in [0.15, 0.2) is 16.8 Å². The molecular weight excluding hydrogens is 380 g/mol. The number of amides is 1. The Bertz CT molecular complexity index is 974. The summed E-state index contributed by atoms with van der Waals surface area (Å²) in [5.41, 5.74) is 1.56. The number of carbonyl (C=O) groups excluding carboxylic acids is 1. The summed E-state index contributed by atoms with van der Waals surface area (Å²) in [6, 6.07) is 11.0. The summed E-state index contributed by atoms with van der Waals surface area (Å²) in [6.07, 6.45) is 1.74. The number of nitrogens with one attached hydrogen (secondary N) is 1. The van der Waals surface area contributed by atoms with E-state index >= 15 is 0 Å². The van der Waals surface area contributed by atoms with Gasteiger partial charge in [-0.05, 0) is 47.5 Å². The van der Waals surface area contributed by atoms with Gasteiger partial charge in [-0.15, -0.1) is 15.3 Å². The third-order valence-corrected chi connectivity index (χ3v) is 4.94. The largest absolute Gasteiger partial charge is 0.354 e. The lowest BCUT2D eigenvalue weighted by atomic mass is 9.97. The summed E-state index contributed by atoms with van der Waals surface area (Å²) >= 11 is 5.81. The Morgan fingerprint density at radius 3 is 2.86 bits per heavy atom. The molecule has 4 rings (SSSR count). The topological polar surface area (TPSA) is 102 Å². The van der Waals surface area contributed by atoms with Crippen LogP contribution in [0, 0.1) is 5.92 Å². The summed E-state index contributed by atoms with van der Waals surface area (Å²) in [6.45, 7) is 1.43. The minimum absolute atomic E-state index is 0.0140. The molecule has 0 aliphatic carbocycles. The van der Waals surface area contributed by atoms with Gasteiger partial charge in [0.2, 0.25) is 5.91 Å². The first kappa shape index (κ1) is 18.3. The molecule has 0 saturated carbocycles. The van der Waals surface area contributed by atoms with Crippen LogP contribution in [0.3, 0.4) is 0 Å². The minimum Gasteiger partial charge on any atom is -0.354 e. The lowest BCUT2D eigenvalue weighted by molar-refractivity contribution is -0.120. The Labute approximate surface area is 166 Å². The maximum absolute atomic E-state index is 12.8. The number of anilines is 2. The van der Waals surface area contributed by atoms with Gasteiger partial charge in [-0.1, -0.05) is 23.7 Å². The lowest BCUT2D eigenvalue weighted by Gasteiger charge is -2.32. The van der Waals surface area contributed by atoms with Gasteiger partial charge in [-0.25, -0.2) is 4.68 Å². The molecule has 1 N–H and O–H groups in total. The second kappa shape index (κ2) is 7.89. The maximum atomic E-state index is 12.8. The number of hydrogen-bond donors (Lipinski definition) is 1. The van der Waals surface area contributed by atoms with Gasteiger partial charge in [0, 0.05) is 31.4 Å². The van der Waals surface area contributed by atoms with E-state index in [1.165, 1.54) is 0 Å². The van der Waals surface area contributed by atoms with Crippen molar-refractivity contribution in [3.05, 3.63) is 41.6 Å². The van der Waals surface area contributed by atoms with Crippen LogP contribution >= 0.6 is 11.6 Å². The number of aryl methyl sites for hydroxylation is 1. The molecule has 0 radical (unpaired) electrons. The molecule has 1 unspecified atom stereocenters. The van der Waals surface area contributed by atoms with Gasteiger partial charge in [0.05, 0.1) is 5.92 Å². The zero-order valence-electron chi connectivity index (χ0n) is 15.3. The molecule has 1 aliphatic heterocycles. The van der Waals surface area contributed by atoms with Crippen LogP contribution in [0.4, 0.5) is 11.5 Å². The quantitative estimate of drug-likeness (QED) is 0.718. The molecule has 1 aliphatic rings. The highest BCUT2D eigenvalue weighted by atomic mass is 35.5. The van der Waals surface area contributed by atoms with E-state index in [1.807, 2.05) is 30.3 Å². The molecule has 144 valence electrons. The highest BCUT2D eigenvalue weighted by molar-refractivity contribution is 6.29. The van der Waals surface area contributed by atoms with E-state index in [0.29, 0.717) is 23.2 Å². The van der Waals surface area contributed by atoms with Gasteiger partial charge in [-0.3, -0.25) is 4.79 Å². The van der Waals surface area contributed by atoms with Gasteiger partial charge in [0.25, 0.3) is 0 Å². The maximum Gasteiger partial charge on any atom is 0.229 e. The summed E-state index contributed by atoms with van der Waals surface area (Å²) in [5, 5.41) is 22.9. The van der Waals surface area contributed by atoms with Crippen molar-refractivity contribution in [1.82, 2.24) is 30.4 Å². The van der Waals surface area contributed by atoms with Crippen molar-refractivity contribution in [2.75, 3.05) is 23.3 Å². The van der Waals surface area contributed by atoms with Crippen molar-refractivity contribution in [1.29, 1.82) is 0 Å². The predicted octanol–water partition coefficient (Wildman–Crippen LogP) is 2.18. The molecule has 1 fully saturated rings. The molecule has 10 heteroatoms. The number of benzene rings is 1. The Balaban J connectivity index is 1.45. The molecule has 2 aromatic heterocycles. The number of halogens is 1. The van der Waals surface area contributed by atoms with E-state index in [9.17, 15) is 4.79 Å². The first-order valence-electron chi connectivity index (χ1n) is 8.98. The van der Waals surface area contributed by atoms with Crippen LogP contribution in [0.2, 0.25) is 5.15 Å². The standard InChI is InChI=1S/C18H19ClN8O/c1-26-17(23-24-25-26)12-4-2-6-14(10-12)20-18(28)13-5-3-9-27(11-13)16-8-7-15(19)21-22-16/h2,4,6-8,10,13H,3,5,9,11H2,1H3,(H,20,28). The molecule has 1 atom stereocenters. The van der Waals surface area contributed by atoms with Crippen LogP contribution in [0.5, 0.6) is 0 Å². The first-order chi connectivity index (χ1) is 13.6. The SMILES string of the molecule is Cn1nnnc1-c1cccc(NC(=O)C2CCCN(c3ccc(Cl)nn3)C2)c1. The monoisotopic (exact) mass is 398 g/mol. The molecule has 3 heterocycles. The van der Waals surface area contributed by atoms with Crippen molar-refractivity contribution in [3.63, 3.8) is 0 Å². The Morgan fingerprint density at radius 1 is 1.21 bits per heavy atom. The van der Waals surface area contributed by atoms with E-state index < -0.39 is 0 Å². The van der Waals surface area contributed by atoms with Crippen LogP contribution in [-0.2, 0) is 11.8 Å². The number of piperidine rings is 1. The fourth-order valence-electron chi connectivity index (χ4n) is 3.33. The van der Waals surface area contributed by atoms with Crippen LogP contribution in [-0.4, -0.2) is 49.4 Å². The molecule has 0 spiro atoms. The zero-order chi connectivity index (χ0) is 19.5. The van der Waals surface area contributed by atoms with E-state index in [4.69, 9.17) is 11.6 Å². The van der Waals surface area contributed by atoms with Crippen LogP contribution in [0.1, 0.15) is 12.8 Å². The molecule has 0 bridgehead atoms. The summed E-state index contributed by atoms with van der Waals surface area (Å²) < 4.78 is 1.59. The van der Waals surface area contributed by atoms with Crippen molar-refractivity contribution >= 4 is 29.0 Å². The fraction of sp³-hybridized carbons (Fsp3) is 0.333. The lowest BCUT2D eigenvalue weighted by Crippen LogP contribution is -2.41. The Morgan fingerprint density at radius 2 is 2.11 bits per heavy atom. The number of hydrogen-bond acceptors (Lipinski definition) is 7. The second-order valence-corrected chi connectivity index (χ2v) is 7.08. The zero-order valence-corrected chi connectivity index (χ0v) is 16.0. The summed E-state index contributed by atoms with van der Waals surface area (Å²) in [4.78, 5) is 14.9. The summed E-state index contributed by atoms with van der Waals surface area (Å²) in [5.74, 6) is 1.23. The van der Waals surface area contributed by atoms with E-state index in [-0.39, 0.29) is 11.8 Å². The highest BCUT2D eigenvalue weighted by Gasteiger charge is 2.27. The van der Waals surface area contributed by atoms with Gasteiger partial charge < -0.3 is 10.2 Å². The molecule has 28 heavy (non-hydrogen) atoms. The van der Waals surface area contributed by atoms with Crippen LogP contribution in [0.15, 0.2) is 36.4 Å². The fourth-order valence-corrected chi connectivity index (χ4v) is 3.43. The smallest absolute Gasteiger partial charge is 0.229 e. The Hall–Kier alpha value is -3.07. The number of nitrogens with zero attached hydrogens (tertiary/aromatic N) is 7. The van der Waals surface area contributed by atoms with Gasteiger partial charge >= 0.3 is 0 Å². The summed E-state index contributed by atoms with van der Waals surface area (Å²) in [7, 11) is 1.77. The Kier molecular flexibility index (Phi) is 5.16. The van der Waals surface area contributed by atoms with Crippen molar-refractivity contribution in [2.45, 2.75) is 12.8 Å². The highest BCUT2D eigenvalue weighted by Crippen LogP contribution is 2.24. The average Bonchev–Trinajstić information content (AvgIpc) is 3.15. The number of tetrazole rings is 1. The predicted molar refractivity (Wildman–Crippen MR) is 105 cm³/mol. The molecule has 9 nitrogen and oxygen atoms in total. The molecule has 1 saturated heterocycles. The van der Waals surface area contributed by atoms with Crippen molar-refractivity contribution in [2.24, 2.45) is 13.0 Å². The van der Waals surface area contributed by atoms with E-state index in [1.54, 1.807) is 17.8 Å². The second-order valence-electron chi connectivity index (χ2n) is 6.70. The van der Waals surface area contributed by atoms with E-state index in [0.717, 1.165) is 30.8 Å².